The van der Waals surface area contributed by atoms with Gasteiger partial charge in [-0.2, -0.15) is 0 Å². The van der Waals surface area contributed by atoms with Crippen LogP contribution in [-0.4, -0.2) is 25.9 Å². The molecule has 0 amide bonds. The van der Waals surface area contributed by atoms with Crippen LogP contribution in [0.1, 0.15) is 129 Å². The van der Waals surface area contributed by atoms with Crippen LogP contribution >= 0.6 is 0 Å². The minimum atomic E-state index is -2.03. The average Bonchev–Trinajstić information content (AvgIpc) is 3.55. The van der Waals surface area contributed by atoms with E-state index in [2.05, 4.69) is 121 Å². The van der Waals surface area contributed by atoms with Gasteiger partial charge in [-0.15, -0.1) is 0 Å². The minimum absolute atomic E-state index is 0.0311. The first-order chi connectivity index (χ1) is 26.3. The van der Waals surface area contributed by atoms with Gasteiger partial charge in [0.15, 0.2) is 0 Å². The highest BCUT2D eigenvalue weighted by atomic mass is 28.3. The molecule has 3 aromatic carbocycles. The van der Waals surface area contributed by atoms with Gasteiger partial charge in [0.2, 0.25) is 0 Å². The molecular weight excluding hydrogens is 689 g/mol. The van der Waals surface area contributed by atoms with Gasteiger partial charge < -0.3 is 9.47 Å². The fourth-order valence-electron chi connectivity index (χ4n) is 12.5. The zero-order valence-electron chi connectivity index (χ0n) is 35.4. The van der Waals surface area contributed by atoms with Gasteiger partial charge in [0, 0.05) is 6.42 Å². The second-order valence-corrected chi connectivity index (χ2v) is 24.4. The van der Waals surface area contributed by atoms with Crippen LogP contribution in [0.2, 0.25) is 13.1 Å². The molecule has 3 nitrogen and oxygen atoms in total. The molecule has 3 saturated carbocycles. The Morgan fingerprint density at radius 2 is 1.53 bits per heavy atom. The van der Waals surface area contributed by atoms with Crippen molar-refractivity contribution in [3.05, 3.63) is 96.1 Å². The Kier molecular flexibility index (Phi) is 12.0. The maximum absolute atomic E-state index is 13.6. The molecule has 0 heterocycles. The highest BCUT2D eigenvalue weighted by Gasteiger charge is 2.59. The predicted octanol–water partition coefficient (Wildman–Crippen LogP) is 13.2. The summed E-state index contributed by atoms with van der Waals surface area (Å²) in [6.45, 7) is 19.6. The second kappa shape index (κ2) is 16.4. The first-order valence-electron chi connectivity index (χ1n) is 22.2. The number of carbonyl (C=O) groups is 1. The van der Waals surface area contributed by atoms with Crippen molar-refractivity contribution >= 4 is 19.2 Å². The maximum Gasteiger partial charge on any atom is 0.338 e. The molecule has 4 aliphatic carbocycles. The van der Waals surface area contributed by atoms with E-state index >= 15 is 0 Å². The highest BCUT2D eigenvalue weighted by molar-refractivity contribution is 6.90. The largest absolute Gasteiger partial charge is 0.494 e. The van der Waals surface area contributed by atoms with Gasteiger partial charge in [-0.3, -0.25) is 0 Å². The van der Waals surface area contributed by atoms with Crippen LogP contribution in [0.5, 0.6) is 5.75 Å². The van der Waals surface area contributed by atoms with Gasteiger partial charge >= 0.3 is 5.97 Å². The van der Waals surface area contributed by atoms with E-state index in [1.165, 1.54) is 67.7 Å². The van der Waals surface area contributed by atoms with Gasteiger partial charge in [0.05, 0.1) is 11.3 Å². The molecule has 0 aliphatic heterocycles. The Balaban J connectivity index is 0.951. The summed E-state index contributed by atoms with van der Waals surface area (Å²) in [5, 5.41) is 1.30. The van der Waals surface area contributed by atoms with E-state index in [1.807, 2.05) is 18.2 Å². The Labute approximate surface area is 335 Å². The van der Waals surface area contributed by atoms with Crippen LogP contribution in [0.3, 0.4) is 0 Å². The molecule has 0 radical (unpaired) electrons. The zero-order chi connectivity index (χ0) is 39.0. The summed E-state index contributed by atoms with van der Waals surface area (Å²) in [5.41, 5.74) is 5.53. The summed E-state index contributed by atoms with van der Waals surface area (Å²) in [6, 6.07) is 27.2. The van der Waals surface area contributed by atoms with Crippen molar-refractivity contribution in [3.63, 3.8) is 0 Å². The lowest BCUT2D eigenvalue weighted by atomic mass is 9.47. The minimum Gasteiger partial charge on any atom is -0.494 e. The molecule has 0 N–H and O–H groups in total. The average molecular weight is 759 g/mol. The van der Waals surface area contributed by atoms with Crippen molar-refractivity contribution in [2.24, 2.45) is 46.3 Å². The number of hydrogen-bond donors (Lipinski definition) is 0. The number of fused-ring (bicyclic) bond motifs is 5. The number of carbonyl (C=O) groups excluding carboxylic acids is 1. The molecular formula is C51H70O3Si. The number of ether oxygens (including phenoxy) is 2. The Hall–Kier alpha value is -3.11. The fraction of sp³-hybridized carbons (Fsp3) is 0.588. The van der Waals surface area contributed by atoms with Gasteiger partial charge in [-0.05, 0) is 133 Å². The SMILES string of the molecule is CCC(Oc1ccc(-c2ccccc2)cc1)[Si](C)(C)c1ccc(C(=O)OC2CC[C@@]3(C)C(=CCC4C3CC[C@@]3(C)C4CC[C@@H]3[C@H](C)CCCC(C)C)C2)cc1. The first kappa shape index (κ1) is 40.1. The van der Waals surface area contributed by atoms with Crippen LogP contribution in [0.4, 0.5) is 0 Å². The van der Waals surface area contributed by atoms with Crippen molar-refractivity contribution in [1.82, 2.24) is 0 Å². The molecule has 5 unspecified atom stereocenters. The van der Waals surface area contributed by atoms with Crippen LogP contribution in [-0.2, 0) is 4.74 Å². The maximum atomic E-state index is 13.6. The molecule has 296 valence electrons. The third-order valence-corrected chi connectivity index (χ3v) is 19.8. The highest BCUT2D eigenvalue weighted by Crippen LogP contribution is 2.67. The Bertz CT molecular complexity index is 1780. The van der Waals surface area contributed by atoms with E-state index in [9.17, 15) is 4.79 Å². The summed E-state index contributed by atoms with van der Waals surface area (Å²) in [7, 11) is -2.03. The lowest BCUT2D eigenvalue weighted by molar-refractivity contribution is -0.0594. The summed E-state index contributed by atoms with van der Waals surface area (Å²) in [6.07, 6.45) is 17.6. The van der Waals surface area contributed by atoms with Crippen molar-refractivity contribution < 1.29 is 14.3 Å². The van der Waals surface area contributed by atoms with Crippen molar-refractivity contribution in [2.45, 2.75) is 144 Å². The van der Waals surface area contributed by atoms with Crippen LogP contribution in [0.15, 0.2) is 90.5 Å². The predicted molar refractivity (Wildman–Crippen MR) is 232 cm³/mol. The van der Waals surface area contributed by atoms with E-state index in [-0.39, 0.29) is 23.2 Å². The molecule has 4 heteroatoms. The molecule has 3 fully saturated rings. The first-order valence-corrected chi connectivity index (χ1v) is 25.2. The lowest BCUT2D eigenvalue weighted by Crippen LogP contribution is -2.55. The molecule has 0 aromatic heterocycles. The van der Waals surface area contributed by atoms with E-state index < -0.39 is 8.07 Å². The molecule has 0 saturated heterocycles. The van der Waals surface area contributed by atoms with Gasteiger partial charge in [0.1, 0.15) is 19.9 Å². The smallest absolute Gasteiger partial charge is 0.338 e. The topological polar surface area (TPSA) is 35.5 Å². The normalized spacial score (nSPS) is 30.1. The molecule has 0 spiro atoms. The third-order valence-electron chi connectivity index (χ3n) is 15.8. The standard InChI is InChI=1S/C51H70O3Si/c1-9-48(53-41-23-18-38(19-24-41)37-16-11-10-12-17-37)55(7,8)43-25-20-39(21-26-43)49(52)54-42-30-32-50(5)40(34-42)22-27-44-46-29-28-45(36(4)15-13-14-35(2)3)51(46,6)33-31-47(44)50/h10-12,16-26,35-36,42,44-48H,9,13-15,27-34H2,1-8H3/t36-,42?,44?,45-,46?,47?,48?,50+,51-/m1/s1. The molecule has 3 aromatic rings. The molecule has 7 rings (SSSR count). The number of esters is 1. The summed E-state index contributed by atoms with van der Waals surface area (Å²) >= 11 is 0. The van der Waals surface area contributed by atoms with Crippen LogP contribution in [0.25, 0.3) is 11.1 Å². The Morgan fingerprint density at radius 1 is 0.818 bits per heavy atom. The lowest BCUT2D eigenvalue weighted by Gasteiger charge is -2.58. The van der Waals surface area contributed by atoms with E-state index in [0.29, 0.717) is 11.0 Å². The number of benzene rings is 3. The van der Waals surface area contributed by atoms with E-state index in [1.54, 1.807) is 5.57 Å². The summed E-state index contributed by atoms with van der Waals surface area (Å²) < 4.78 is 13.0. The Morgan fingerprint density at radius 3 is 2.22 bits per heavy atom. The number of allylic oxidation sites excluding steroid dienone is 1. The number of hydrogen-bond acceptors (Lipinski definition) is 3. The second-order valence-electron chi connectivity index (χ2n) is 19.8. The fourth-order valence-corrected chi connectivity index (χ4v) is 15.3. The van der Waals surface area contributed by atoms with Crippen LogP contribution in [0, 0.1) is 46.3 Å². The van der Waals surface area contributed by atoms with Gasteiger partial charge in [-0.1, -0.05) is 145 Å². The molecule has 9 atom stereocenters. The van der Waals surface area contributed by atoms with Crippen LogP contribution < -0.4 is 9.92 Å². The van der Waals surface area contributed by atoms with Gasteiger partial charge in [0.25, 0.3) is 0 Å². The third kappa shape index (κ3) is 8.05. The molecule has 0 bridgehead atoms. The van der Waals surface area contributed by atoms with Gasteiger partial charge in [-0.25, -0.2) is 4.79 Å². The van der Waals surface area contributed by atoms with Crippen molar-refractivity contribution in [1.29, 1.82) is 0 Å². The molecule has 55 heavy (non-hydrogen) atoms. The van der Waals surface area contributed by atoms with Crippen molar-refractivity contribution in [2.75, 3.05) is 0 Å². The summed E-state index contributed by atoms with van der Waals surface area (Å²) in [4.78, 5) is 13.6. The molecule has 4 aliphatic rings. The van der Waals surface area contributed by atoms with E-state index in [0.717, 1.165) is 66.9 Å². The van der Waals surface area contributed by atoms with Crippen molar-refractivity contribution in [3.8, 4) is 16.9 Å². The quantitative estimate of drug-likeness (QED) is 0.0989. The zero-order valence-corrected chi connectivity index (χ0v) is 36.4. The number of rotatable bonds is 13. The van der Waals surface area contributed by atoms with E-state index in [4.69, 9.17) is 9.47 Å². The monoisotopic (exact) mass is 759 g/mol. The summed E-state index contributed by atoms with van der Waals surface area (Å²) in [5.74, 6) is 5.77.